The van der Waals surface area contributed by atoms with Gasteiger partial charge in [0.05, 0.1) is 0 Å². The van der Waals surface area contributed by atoms with E-state index in [0.29, 0.717) is 6.04 Å². The fourth-order valence-electron chi connectivity index (χ4n) is 1.62. The standard InChI is InChI=1S/C11H25NS/c1-5-8-12-10(3)11(6-2)7-9-13-4/h10-12H,5-9H2,1-4H3. The molecule has 1 N–H and O–H groups in total. The molecule has 1 nitrogen and oxygen atoms in total. The molecule has 0 aromatic heterocycles. The SMILES string of the molecule is CCCNC(C)C(CC)CCSC. The summed E-state index contributed by atoms with van der Waals surface area (Å²) in [6.07, 6.45) is 6.09. The lowest BCUT2D eigenvalue weighted by Gasteiger charge is -2.23. The van der Waals surface area contributed by atoms with Crippen molar-refractivity contribution in [3.05, 3.63) is 0 Å². The fraction of sp³-hybridized carbons (Fsp3) is 1.00. The molecule has 0 radical (unpaired) electrons. The third kappa shape index (κ3) is 6.39. The maximum atomic E-state index is 3.58. The fourth-order valence-corrected chi connectivity index (χ4v) is 2.15. The monoisotopic (exact) mass is 203 g/mol. The zero-order valence-electron chi connectivity index (χ0n) is 9.60. The van der Waals surface area contributed by atoms with E-state index in [0.717, 1.165) is 12.5 Å². The second kappa shape index (κ2) is 8.89. The third-order valence-electron chi connectivity index (χ3n) is 2.64. The molecule has 0 spiro atoms. The van der Waals surface area contributed by atoms with Gasteiger partial charge in [0.25, 0.3) is 0 Å². The number of rotatable bonds is 8. The van der Waals surface area contributed by atoms with Gasteiger partial charge in [0.15, 0.2) is 0 Å². The van der Waals surface area contributed by atoms with Crippen molar-refractivity contribution < 1.29 is 0 Å². The summed E-state index contributed by atoms with van der Waals surface area (Å²) in [7, 11) is 0. The van der Waals surface area contributed by atoms with Gasteiger partial charge < -0.3 is 5.32 Å². The van der Waals surface area contributed by atoms with Crippen LogP contribution in [0.15, 0.2) is 0 Å². The summed E-state index contributed by atoms with van der Waals surface area (Å²) in [4.78, 5) is 0. The van der Waals surface area contributed by atoms with Crippen molar-refractivity contribution in [2.75, 3.05) is 18.6 Å². The zero-order valence-corrected chi connectivity index (χ0v) is 10.4. The predicted molar refractivity (Wildman–Crippen MR) is 64.5 cm³/mol. The van der Waals surface area contributed by atoms with E-state index in [1.165, 1.54) is 25.0 Å². The van der Waals surface area contributed by atoms with Crippen LogP contribution in [-0.4, -0.2) is 24.6 Å². The van der Waals surface area contributed by atoms with Crippen LogP contribution in [0.25, 0.3) is 0 Å². The van der Waals surface area contributed by atoms with Crippen molar-refractivity contribution in [2.24, 2.45) is 5.92 Å². The lowest BCUT2D eigenvalue weighted by atomic mass is 9.95. The van der Waals surface area contributed by atoms with Crippen LogP contribution in [-0.2, 0) is 0 Å². The van der Waals surface area contributed by atoms with Crippen molar-refractivity contribution in [2.45, 2.75) is 46.1 Å². The third-order valence-corrected chi connectivity index (χ3v) is 3.28. The van der Waals surface area contributed by atoms with Crippen LogP contribution in [0.4, 0.5) is 0 Å². The Morgan fingerprint density at radius 3 is 2.46 bits per heavy atom. The highest BCUT2D eigenvalue weighted by molar-refractivity contribution is 7.98. The van der Waals surface area contributed by atoms with E-state index < -0.39 is 0 Å². The average molecular weight is 203 g/mol. The van der Waals surface area contributed by atoms with Gasteiger partial charge in [0.2, 0.25) is 0 Å². The first kappa shape index (κ1) is 13.3. The summed E-state index contributed by atoms with van der Waals surface area (Å²) in [5.41, 5.74) is 0. The predicted octanol–water partition coefficient (Wildman–Crippen LogP) is 3.15. The summed E-state index contributed by atoms with van der Waals surface area (Å²) in [5, 5.41) is 3.58. The molecule has 80 valence electrons. The van der Waals surface area contributed by atoms with E-state index in [-0.39, 0.29) is 0 Å². The van der Waals surface area contributed by atoms with Gasteiger partial charge in [-0.2, -0.15) is 11.8 Å². The Hall–Kier alpha value is 0.310. The number of thioether (sulfide) groups is 1. The normalized spacial score (nSPS) is 15.7. The molecule has 0 aliphatic rings. The van der Waals surface area contributed by atoms with Gasteiger partial charge in [-0.1, -0.05) is 20.3 Å². The van der Waals surface area contributed by atoms with E-state index in [1.807, 2.05) is 11.8 Å². The first-order valence-corrected chi connectivity index (χ1v) is 6.87. The van der Waals surface area contributed by atoms with Gasteiger partial charge in [0.1, 0.15) is 0 Å². The number of hydrogen-bond donors (Lipinski definition) is 1. The van der Waals surface area contributed by atoms with Crippen LogP contribution in [0.3, 0.4) is 0 Å². The van der Waals surface area contributed by atoms with Gasteiger partial charge in [-0.3, -0.25) is 0 Å². The van der Waals surface area contributed by atoms with E-state index in [2.05, 4.69) is 32.3 Å². The highest BCUT2D eigenvalue weighted by Gasteiger charge is 2.13. The molecule has 0 saturated heterocycles. The number of nitrogens with one attached hydrogen (secondary N) is 1. The molecule has 0 rings (SSSR count). The largest absolute Gasteiger partial charge is 0.314 e. The lowest BCUT2D eigenvalue weighted by Crippen LogP contribution is -2.34. The summed E-state index contributed by atoms with van der Waals surface area (Å²) in [6.45, 7) is 8.01. The maximum absolute atomic E-state index is 3.58. The van der Waals surface area contributed by atoms with Gasteiger partial charge >= 0.3 is 0 Å². The van der Waals surface area contributed by atoms with E-state index >= 15 is 0 Å². The summed E-state index contributed by atoms with van der Waals surface area (Å²) in [5.74, 6) is 2.16. The molecule has 0 fully saturated rings. The molecule has 0 bridgehead atoms. The molecule has 0 heterocycles. The van der Waals surface area contributed by atoms with Crippen LogP contribution < -0.4 is 5.32 Å². The average Bonchev–Trinajstić information content (AvgIpc) is 2.16. The summed E-state index contributed by atoms with van der Waals surface area (Å²) >= 11 is 1.96. The van der Waals surface area contributed by atoms with Crippen LogP contribution in [0.2, 0.25) is 0 Å². The second-order valence-electron chi connectivity index (χ2n) is 3.69. The van der Waals surface area contributed by atoms with Crippen LogP contribution in [0.1, 0.15) is 40.0 Å². The topological polar surface area (TPSA) is 12.0 Å². The van der Waals surface area contributed by atoms with Gasteiger partial charge in [-0.05, 0) is 44.2 Å². The molecule has 0 aliphatic carbocycles. The van der Waals surface area contributed by atoms with Crippen molar-refractivity contribution in [1.29, 1.82) is 0 Å². The Morgan fingerprint density at radius 1 is 1.31 bits per heavy atom. The summed E-state index contributed by atoms with van der Waals surface area (Å²) < 4.78 is 0. The van der Waals surface area contributed by atoms with Gasteiger partial charge in [0, 0.05) is 6.04 Å². The molecule has 0 saturated carbocycles. The van der Waals surface area contributed by atoms with Gasteiger partial charge in [-0.15, -0.1) is 0 Å². The Balaban J connectivity index is 3.63. The first-order chi connectivity index (χ1) is 6.26. The van der Waals surface area contributed by atoms with Crippen LogP contribution >= 0.6 is 11.8 Å². The molecule has 2 unspecified atom stereocenters. The Kier molecular flexibility index (Phi) is 9.10. The van der Waals surface area contributed by atoms with E-state index in [9.17, 15) is 0 Å². The highest BCUT2D eigenvalue weighted by atomic mass is 32.2. The molecular formula is C11H25NS. The van der Waals surface area contributed by atoms with Gasteiger partial charge in [-0.25, -0.2) is 0 Å². The minimum absolute atomic E-state index is 0.692. The lowest BCUT2D eigenvalue weighted by molar-refractivity contribution is 0.357. The second-order valence-corrected chi connectivity index (χ2v) is 4.68. The zero-order chi connectivity index (χ0) is 10.1. The van der Waals surface area contributed by atoms with E-state index in [4.69, 9.17) is 0 Å². The molecule has 0 aromatic rings. The van der Waals surface area contributed by atoms with Crippen LogP contribution in [0.5, 0.6) is 0 Å². The van der Waals surface area contributed by atoms with Crippen molar-refractivity contribution in [1.82, 2.24) is 5.32 Å². The molecular weight excluding hydrogens is 178 g/mol. The molecule has 2 heteroatoms. The molecule has 0 amide bonds. The molecule has 2 atom stereocenters. The summed E-state index contributed by atoms with van der Waals surface area (Å²) in [6, 6.07) is 0.692. The smallest absolute Gasteiger partial charge is 0.00671 e. The van der Waals surface area contributed by atoms with Crippen molar-refractivity contribution in [3.8, 4) is 0 Å². The quantitative estimate of drug-likeness (QED) is 0.650. The van der Waals surface area contributed by atoms with Crippen molar-refractivity contribution >= 4 is 11.8 Å². The van der Waals surface area contributed by atoms with Crippen molar-refractivity contribution in [3.63, 3.8) is 0 Å². The molecule has 13 heavy (non-hydrogen) atoms. The number of hydrogen-bond acceptors (Lipinski definition) is 2. The Morgan fingerprint density at radius 2 is 2.00 bits per heavy atom. The minimum atomic E-state index is 0.692. The van der Waals surface area contributed by atoms with Crippen LogP contribution in [0, 0.1) is 5.92 Å². The maximum Gasteiger partial charge on any atom is 0.00671 e. The Labute approximate surface area is 88.1 Å². The molecule has 0 aliphatic heterocycles. The minimum Gasteiger partial charge on any atom is -0.314 e. The molecule has 0 aromatic carbocycles. The Bertz CT molecular complexity index is 106. The highest BCUT2D eigenvalue weighted by Crippen LogP contribution is 2.15. The first-order valence-electron chi connectivity index (χ1n) is 5.48. The van der Waals surface area contributed by atoms with E-state index in [1.54, 1.807) is 0 Å².